The monoisotopic (exact) mass is 561 g/mol. The van der Waals surface area contributed by atoms with Crippen molar-refractivity contribution in [2.45, 2.75) is 52.0 Å². The summed E-state index contributed by atoms with van der Waals surface area (Å²) in [7, 11) is 4.90. The number of methoxy groups -OCH3 is 2. The molecule has 3 N–H and O–H groups in total. The number of likely N-dealkylation sites (N-methyl/N-ethyl adjacent to an activating group) is 1. The summed E-state index contributed by atoms with van der Waals surface area (Å²) >= 11 is -1.75. The molecule has 39 heavy (non-hydrogen) atoms. The second-order valence-corrected chi connectivity index (χ2v) is 8.36. The molecule has 8 nitrogen and oxygen atoms in total. The summed E-state index contributed by atoms with van der Waals surface area (Å²) in [4.78, 5) is 11.2. The first-order valence-electron chi connectivity index (χ1n) is 12.9. The number of aliphatic hydroxyl groups is 1. The van der Waals surface area contributed by atoms with Gasteiger partial charge in [-0.05, 0) is 61.5 Å². The maximum atomic E-state index is 12.3. The number of hydrogen-bond acceptors (Lipinski definition) is 8. The number of carbonyl (C=O) groups is 1. The van der Waals surface area contributed by atoms with Gasteiger partial charge in [0.15, 0.2) is 23.0 Å². The van der Waals surface area contributed by atoms with Gasteiger partial charge in [0.05, 0.1) is 25.7 Å². The predicted octanol–water partition coefficient (Wildman–Crippen LogP) is 5.25. The fraction of sp³-hybridized carbons (Fsp3) is 0.367. The summed E-state index contributed by atoms with van der Waals surface area (Å²) < 4.78 is 27.9. The molecule has 0 bridgehead atoms. The topological polar surface area (TPSA) is 114 Å². The molecule has 9 heteroatoms. The maximum absolute atomic E-state index is 12.3. The molecular weight excluding hydrogens is 518 g/mol. The van der Waals surface area contributed by atoms with Gasteiger partial charge in [-0.2, -0.15) is 0 Å². The van der Waals surface area contributed by atoms with Crippen LogP contribution in [0.25, 0.3) is 0 Å². The molecule has 0 aliphatic rings. The lowest BCUT2D eigenvalue weighted by Gasteiger charge is -2.15. The molecule has 0 saturated carbocycles. The number of rotatable bonds is 11. The molecule has 0 aliphatic carbocycles. The number of carbonyl (C=O) groups excluding carboxylic acids is 1. The van der Waals surface area contributed by atoms with Gasteiger partial charge < -0.3 is 34.0 Å². The third-order valence-corrected chi connectivity index (χ3v) is 5.98. The number of aldehydes is 1. The summed E-state index contributed by atoms with van der Waals surface area (Å²) in [6.45, 7) is 8.56. The molecule has 3 aromatic carbocycles. The Morgan fingerprint density at radius 2 is 1.54 bits per heavy atom. The van der Waals surface area contributed by atoms with E-state index in [-0.39, 0.29) is 24.5 Å². The molecule has 0 heterocycles. The van der Waals surface area contributed by atoms with Crippen LogP contribution in [0.1, 0.15) is 44.4 Å². The van der Waals surface area contributed by atoms with Crippen LogP contribution in [0.4, 0.5) is 0 Å². The highest BCUT2D eigenvalue weighted by molar-refractivity contribution is 7.80. The Hall–Kier alpha value is -3.40. The Morgan fingerprint density at radius 1 is 0.923 bits per heavy atom. The van der Waals surface area contributed by atoms with Crippen LogP contribution in [0.3, 0.4) is 0 Å². The summed E-state index contributed by atoms with van der Waals surface area (Å²) in [6.07, 6.45) is 1.78. The van der Waals surface area contributed by atoms with Gasteiger partial charge in [-0.15, -0.1) is 0 Å². The number of nitrogens with one attached hydrogen (secondary N) is 1. The van der Waals surface area contributed by atoms with Gasteiger partial charge in [-0.25, -0.2) is 4.21 Å². The zero-order valence-electron chi connectivity index (χ0n) is 24.0. The molecule has 0 aliphatic heterocycles. The van der Waals surface area contributed by atoms with Crippen LogP contribution < -0.4 is 19.0 Å². The summed E-state index contributed by atoms with van der Waals surface area (Å²) in [5, 5.41) is 22.1. The van der Waals surface area contributed by atoms with Gasteiger partial charge >= 0.3 is 0 Å². The van der Waals surface area contributed by atoms with Crippen molar-refractivity contribution in [1.82, 2.24) is 5.32 Å². The fourth-order valence-electron chi connectivity index (χ4n) is 3.17. The Morgan fingerprint density at radius 3 is 2.05 bits per heavy atom. The molecule has 1 unspecified atom stereocenters. The van der Waals surface area contributed by atoms with E-state index >= 15 is 0 Å². The Kier molecular flexibility index (Phi) is 19.6. The van der Waals surface area contributed by atoms with Crippen molar-refractivity contribution >= 4 is 17.4 Å². The third kappa shape index (κ3) is 11.9. The van der Waals surface area contributed by atoms with Crippen LogP contribution in [0, 0.1) is 0 Å². The molecule has 0 radical (unpaired) electrons. The van der Waals surface area contributed by atoms with E-state index in [0.29, 0.717) is 27.5 Å². The molecule has 1 atom stereocenters. The van der Waals surface area contributed by atoms with Crippen molar-refractivity contribution in [1.29, 1.82) is 0 Å². The normalized spacial score (nSPS) is 10.3. The first-order chi connectivity index (χ1) is 19.0. The molecular formula is C30H43NO7S. The minimum atomic E-state index is -1.75. The summed E-state index contributed by atoms with van der Waals surface area (Å²) in [5.74, 6) is 1.26. The number of aliphatic hydroxyl groups excluding tert-OH is 1. The SMILES string of the molecule is CC.CC.CNCCc1ccc(OC)c(O)c1.COc1ccc(CC=O)c(CO)c1OS(=O)c1ccccc1. The molecule has 0 spiro atoms. The van der Waals surface area contributed by atoms with Crippen LogP contribution in [-0.4, -0.2) is 48.5 Å². The molecule has 3 rings (SSSR count). The number of ether oxygens (including phenoxy) is 2. The van der Waals surface area contributed by atoms with Crippen molar-refractivity contribution in [2.24, 2.45) is 0 Å². The minimum absolute atomic E-state index is 0.133. The van der Waals surface area contributed by atoms with Crippen molar-refractivity contribution in [2.75, 3.05) is 27.8 Å². The van der Waals surface area contributed by atoms with E-state index in [2.05, 4.69) is 5.32 Å². The van der Waals surface area contributed by atoms with Gasteiger partial charge in [0, 0.05) is 12.0 Å². The fourth-order valence-corrected chi connectivity index (χ4v) is 3.98. The number of phenolic OH excluding ortho intramolecular Hbond substituents is 1. The van der Waals surface area contributed by atoms with E-state index in [0.717, 1.165) is 24.8 Å². The standard InChI is InChI=1S/C16H16O5S.C10H15NO2.2C2H6/c1-20-15-8-7-12(9-10-17)14(11-18)16(15)21-22(19)13-5-3-2-4-6-13;1-11-6-5-8-3-4-10(13-2)9(12)7-8;2*1-2/h2-8,10,18H,9,11H2,1H3;3-4,7,11-12H,5-6H2,1-2H3;2*1-2H3. The van der Waals surface area contributed by atoms with Crippen molar-refractivity contribution in [3.8, 4) is 23.0 Å². The minimum Gasteiger partial charge on any atom is -0.504 e. The Labute approximate surface area is 235 Å². The first-order valence-corrected chi connectivity index (χ1v) is 13.9. The van der Waals surface area contributed by atoms with Crippen LogP contribution >= 0.6 is 0 Å². The summed E-state index contributed by atoms with van der Waals surface area (Å²) in [6, 6.07) is 17.4. The van der Waals surface area contributed by atoms with Crippen LogP contribution in [-0.2, 0) is 35.3 Å². The Bertz CT molecular complexity index is 1110. The summed E-state index contributed by atoms with van der Waals surface area (Å²) in [5.41, 5.74) is 2.11. The molecule has 3 aromatic rings. The number of aromatic hydroxyl groups is 1. The highest BCUT2D eigenvalue weighted by Crippen LogP contribution is 2.35. The lowest BCUT2D eigenvalue weighted by atomic mass is 10.0. The van der Waals surface area contributed by atoms with E-state index < -0.39 is 11.1 Å². The average Bonchev–Trinajstić information content (AvgIpc) is 2.99. The zero-order valence-corrected chi connectivity index (χ0v) is 24.8. The zero-order chi connectivity index (χ0) is 29.6. The maximum Gasteiger partial charge on any atom is 0.240 e. The van der Waals surface area contributed by atoms with Crippen LogP contribution in [0.2, 0.25) is 0 Å². The molecule has 0 saturated heterocycles. The van der Waals surface area contributed by atoms with Crippen LogP contribution in [0.5, 0.6) is 23.0 Å². The van der Waals surface area contributed by atoms with Gasteiger partial charge in [-0.1, -0.05) is 58.0 Å². The number of hydrogen-bond donors (Lipinski definition) is 3. The van der Waals surface area contributed by atoms with E-state index in [1.807, 2.05) is 46.9 Å². The smallest absolute Gasteiger partial charge is 0.240 e. The third-order valence-electron chi connectivity index (χ3n) is 5.00. The largest absolute Gasteiger partial charge is 0.504 e. The Balaban J connectivity index is 0.000000725. The van der Waals surface area contributed by atoms with Gasteiger partial charge in [-0.3, -0.25) is 0 Å². The average molecular weight is 562 g/mol. The second kappa shape index (κ2) is 21.5. The van der Waals surface area contributed by atoms with E-state index in [1.54, 1.807) is 55.6 Å². The van der Waals surface area contributed by atoms with Crippen LogP contribution in [0.15, 0.2) is 65.6 Å². The second-order valence-electron chi connectivity index (χ2n) is 7.25. The lowest BCUT2D eigenvalue weighted by molar-refractivity contribution is -0.107. The van der Waals surface area contributed by atoms with Gasteiger partial charge in [0.2, 0.25) is 11.1 Å². The quantitative estimate of drug-likeness (QED) is 0.272. The van der Waals surface area contributed by atoms with E-state index in [9.17, 15) is 19.2 Å². The number of benzene rings is 3. The lowest BCUT2D eigenvalue weighted by Crippen LogP contribution is -2.10. The van der Waals surface area contributed by atoms with Gasteiger partial charge in [0.1, 0.15) is 6.29 Å². The van der Waals surface area contributed by atoms with Crippen molar-refractivity contribution in [3.63, 3.8) is 0 Å². The van der Waals surface area contributed by atoms with Crippen molar-refractivity contribution in [3.05, 3.63) is 77.4 Å². The predicted molar refractivity (Wildman–Crippen MR) is 157 cm³/mol. The number of phenols is 1. The van der Waals surface area contributed by atoms with E-state index in [1.165, 1.54) is 7.11 Å². The van der Waals surface area contributed by atoms with E-state index in [4.69, 9.17) is 13.7 Å². The molecule has 0 fully saturated rings. The first kappa shape index (κ1) is 35.6. The molecule has 0 amide bonds. The van der Waals surface area contributed by atoms with Gasteiger partial charge in [0.25, 0.3) is 0 Å². The highest BCUT2D eigenvalue weighted by Gasteiger charge is 2.18. The molecule has 216 valence electrons. The highest BCUT2D eigenvalue weighted by atomic mass is 32.2. The van der Waals surface area contributed by atoms with Crippen molar-refractivity contribution < 1.29 is 32.9 Å². The molecule has 0 aromatic heterocycles.